The topological polar surface area (TPSA) is 77.4 Å². The molecule has 1 saturated heterocycles. The molecule has 4 aromatic rings. The molecule has 0 bridgehead atoms. The fraction of sp³-hybridized carbons (Fsp3) is 0.320. The molecule has 1 aliphatic rings. The number of benzene rings is 1. The quantitative estimate of drug-likeness (QED) is 0.409. The summed E-state index contributed by atoms with van der Waals surface area (Å²) < 4.78 is 17.1. The average molecular weight is 431 g/mol. The lowest BCUT2D eigenvalue weighted by Crippen LogP contribution is -2.35. The fourth-order valence-electron chi connectivity index (χ4n) is 3.93. The Morgan fingerprint density at radius 2 is 1.97 bits per heavy atom. The number of rotatable bonds is 7. The van der Waals surface area contributed by atoms with Gasteiger partial charge in [0.05, 0.1) is 19.4 Å². The molecule has 164 valence electrons. The fourth-order valence-corrected chi connectivity index (χ4v) is 3.93. The van der Waals surface area contributed by atoms with E-state index < -0.39 is 0 Å². The number of ether oxygens (including phenoxy) is 1. The Kier molecular flexibility index (Phi) is 5.98. The van der Waals surface area contributed by atoms with E-state index in [1.165, 1.54) is 0 Å². The maximum atomic E-state index is 6.12. The van der Waals surface area contributed by atoms with E-state index in [2.05, 4.69) is 20.0 Å². The Morgan fingerprint density at radius 3 is 2.75 bits per heavy atom. The second kappa shape index (κ2) is 9.36. The first-order valence-electron chi connectivity index (χ1n) is 11.0. The molecule has 4 heterocycles. The third-order valence-electron chi connectivity index (χ3n) is 5.83. The maximum absolute atomic E-state index is 6.12. The first-order chi connectivity index (χ1) is 15.7. The van der Waals surface area contributed by atoms with Crippen molar-refractivity contribution in [3.63, 3.8) is 0 Å². The standard InChI is InChI=1S/C25H26N4O3/c1-18-7-8-21(15-26-18)24-27-25(32-28-24)20-4-2-5-22(14-20)31-17-19-9-11-29(12-10-19)16-23-6-3-13-30-23/h2-8,13-15,19H,9-12,16-17H2,1H3. The molecule has 1 aliphatic heterocycles. The molecule has 0 atom stereocenters. The van der Waals surface area contributed by atoms with Gasteiger partial charge in [0.2, 0.25) is 5.82 Å². The van der Waals surface area contributed by atoms with Crippen LogP contribution in [0.3, 0.4) is 0 Å². The predicted molar refractivity (Wildman–Crippen MR) is 120 cm³/mol. The highest BCUT2D eigenvalue weighted by molar-refractivity contribution is 5.60. The van der Waals surface area contributed by atoms with Crippen LogP contribution >= 0.6 is 0 Å². The van der Waals surface area contributed by atoms with Crippen LogP contribution in [-0.4, -0.2) is 39.7 Å². The lowest BCUT2D eigenvalue weighted by Gasteiger charge is -2.31. The van der Waals surface area contributed by atoms with E-state index in [0.29, 0.717) is 24.2 Å². The van der Waals surface area contributed by atoms with Gasteiger partial charge in [-0.05, 0) is 81.2 Å². The number of aryl methyl sites for hydroxylation is 1. The molecule has 7 nitrogen and oxygen atoms in total. The van der Waals surface area contributed by atoms with E-state index in [4.69, 9.17) is 13.7 Å². The largest absolute Gasteiger partial charge is 0.493 e. The third-order valence-corrected chi connectivity index (χ3v) is 5.83. The van der Waals surface area contributed by atoms with Gasteiger partial charge in [0.1, 0.15) is 11.5 Å². The summed E-state index contributed by atoms with van der Waals surface area (Å²) >= 11 is 0. The summed E-state index contributed by atoms with van der Waals surface area (Å²) in [7, 11) is 0. The third kappa shape index (κ3) is 4.89. The van der Waals surface area contributed by atoms with Crippen LogP contribution in [0.5, 0.6) is 5.75 Å². The van der Waals surface area contributed by atoms with Crippen LogP contribution < -0.4 is 4.74 Å². The number of piperidine rings is 1. The lowest BCUT2D eigenvalue weighted by atomic mass is 9.98. The average Bonchev–Trinajstić information content (AvgIpc) is 3.52. The van der Waals surface area contributed by atoms with Crippen molar-refractivity contribution in [1.29, 1.82) is 0 Å². The van der Waals surface area contributed by atoms with E-state index >= 15 is 0 Å². The molecular weight excluding hydrogens is 404 g/mol. The Morgan fingerprint density at radius 1 is 1.06 bits per heavy atom. The molecule has 3 aromatic heterocycles. The molecule has 0 spiro atoms. The zero-order valence-corrected chi connectivity index (χ0v) is 18.1. The Bertz CT molecular complexity index is 1130. The van der Waals surface area contributed by atoms with Gasteiger partial charge in [0.25, 0.3) is 5.89 Å². The molecule has 32 heavy (non-hydrogen) atoms. The normalized spacial score (nSPS) is 15.2. The summed E-state index contributed by atoms with van der Waals surface area (Å²) in [5, 5.41) is 4.10. The van der Waals surface area contributed by atoms with Crippen molar-refractivity contribution in [1.82, 2.24) is 20.0 Å². The zero-order valence-electron chi connectivity index (χ0n) is 18.1. The molecule has 7 heteroatoms. The summed E-state index contributed by atoms with van der Waals surface area (Å²) in [6.45, 7) is 5.66. The molecule has 0 radical (unpaired) electrons. The van der Waals surface area contributed by atoms with E-state index in [1.807, 2.05) is 55.5 Å². The van der Waals surface area contributed by atoms with Crippen molar-refractivity contribution in [2.24, 2.45) is 5.92 Å². The monoisotopic (exact) mass is 430 g/mol. The van der Waals surface area contributed by atoms with Gasteiger partial charge in [0, 0.05) is 23.0 Å². The van der Waals surface area contributed by atoms with Gasteiger partial charge in [-0.2, -0.15) is 4.98 Å². The highest BCUT2D eigenvalue weighted by atomic mass is 16.5. The number of pyridine rings is 1. The second-order valence-electron chi connectivity index (χ2n) is 8.25. The second-order valence-corrected chi connectivity index (χ2v) is 8.25. The number of aromatic nitrogens is 3. The van der Waals surface area contributed by atoms with Gasteiger partial charge in [-0.15, -0.1) is 0 Å². The minimum absolute atomic E-state index is 0.470. The van der Waals surface area contributed by atoms with Crippen LogP contribution in [0.2, 0.25) is 0 Å². The number of hydrogen-bond donors (Lipinski definition) is 0. The molecule has 1 aromatic carbocycles. The molecule has 1 fully saturated rings. The SMILES string of the molecule is Cc1ccc(-c2noc(-c3cccc(OCC4CCN(Cc5ccco5)CC4)c3)n2)cn1. The van der Waals surface area contributed by atoms with Crippen LogP contribution in [0.25, 0.3) is 22.8 Å². The maximum Gasteiger partial charge on any atom is 0.258 e. The van der Waals surface area contributed by atoms with Crippen LogP contribution in [0.4, 0.5) is 0 Å². The van der Waals surface area contributed by atoms with Crippen molar-refractivity contribution in [3.05, 3.63) is 72.4 Å². The minimum atomic E-state index is 0.470. The van der Waals surface area contributed by atoms with E-state index in [9.17, 15) is 0 Å². The van der Waals surface area contributed by atoms with E-state index in [1.54, 1.807) is 12.5 Å². The predicted octanol–water partition coefficient (Wildman–Crippen LogP) is 4.99. The number of hydrogen-bond acceptors (Lipinski definition) is 7. The molecule has 0 aliphatic carbocycles. The van der Waals surface area contributed by atoms with Gasteiger partial charge in [0.15, 0.2) is 0 Å². The highest BCUT2D eigenvalue weighted by Crippen LogP contribution is 2.26. The van der Waals surface area contributed by atoms with Gasteiger partial charge < -0.3 is 13.7 Å². The zero-order chi connectivity index (χ0) is 21.8. The Labute approximate surface area is 187 Å². The summed E-state index contributed by atoms with van der Waals surface area (Å²) in [6.07, 6.45) is 5.73. The van der Waals surface area contributed by atoms with Crippen molar-refractivity contribution < 1.29 is 13.7 Å². The van der Waals surface area contributed by atoms with E-state index in [-0.39, 0.29) is 0 Å². The minimum Gasteiger partial charge on any atom is -0.493 e. The van der Waals surface area contributed by atoms with E-state index in [0.717, 1.165) is 60.8 Å². The van der Waals surface area contributed by atoms with Gasteiger partial charge in [-0.25, -0.2) is 0 Å². The molecule has 0 saturated carbocycles. The molecule has 0 N–H and O–H groups in total. The van der Waals surface area contributed by atoms with Gasteiger partial charge >= 0.3 is 0 Å². The van der Waals surface area contributed by atoms with Crippen molar-refractivity contribution in [3.8, 4) is 28.6 Å². The molecule has 5 rings (SSSR count). The first kappa shape index (κ1) is 20.5. The van der Waals surface area contributed by atoms with Crippen LogP contribution in [0.1, 0.15) is 24.3 Å². The van der Waals surface area contributed by atoms with Crippen molar-refractivity contribution >= 4 is 0 Å². The smallest absolute Gasteiger partial charge is 0.258 e. The Balaban J connectivity index is 1.16. The lowest BCUT2D eigenvalue weighted by molar-refractivity contribution is 0.131. The number of nitrogens with zero attached hydrogens (tertiary/aromatic N) is 4. The summed E-state index contributed by atoms with van der Waals surface area (Å²) in [5.41, 5.74) is 2.62. The summed E-state index contributed by atoms with van der Waals surface area (Å²) in [5.74, 6) is 3.39. The summed E-state index contributed by atoms with van der Waals surface area (Å²) in [4.78, 5) is 11.3. The molecular formula is C25H26N4O3. The van der Waals surface area contributed by atoms with Crippen molar-refractivity contribution in [2.45, 2.75) is 26.3 Å². The van der Waals surface area contributed by atoms with Crippen LogP contribution in [0, 0.1) is 12.8 Å². The van der Waals surface area contributed by atoms with Crippen molar-refractivity contribution in [2.75, 3.05) is 19.7 Å². The number of furan rings is 1. The van der Waals surface area contributed by atoms with Gasteiger partial charge in [-0.1, -0.05) is 11.2 Å². The first-order valence-corrected chi connectivity index (χ1v) is 11.0. The highest BCUT2D eigenvalue weighted by Gasteiger charge is 2.20. The summed E-state index contributed by atoms with van der Waals surface area (Å²) in [6, 6.07) is 15.7. The molecule has 0 amide bonds. The van der Waals surface area contributed by atoms with Crippen LogP contribution in [0.15, 0.2) is 69.9 Å². The number of likely N-dealkylation sites (tertiary alicyclic amines) is 1. The van der Waals surface area contributed by atoms with Gasteiger partial charge in [-0.3, -0.25) is 9.88 Å². The molecule has 0 unspecified atom stereocenters. The Hall–Kier alpha value is -3.45. The van der Waals surface area contributed by atoms with Crippen LogP contribution in [-0.2, 0) is 6.54 Å².